The van der Waals surface area contributed by atoms with E-state index >= 15 is 0 Å². The maximum Gasteiger partial charge on any atom is 0.298 e. The fraction of sp³-hybridized carbons (Fsp3) is 0.130. The standard InChI is InChI=1S/C23H18N2O5S/c1-13-4-6-15(3)18(10-13)24-22(26)21(31-23(24)27)12-16-7-9-20(30-16)17-8-5-14(2)11-19(17)25(28)29/h4-12H,1-3H3/b21-12+. The predicted octanol–water partition coefficient (Wildman–Crippen LogP) is 6.02. The van der Waals surface area contributed by atoms with Gasteiger partial charge >= 0.3 is 0 Å². The van der Waals surface area contributed by atoms with Gasteiger partial charge in [-0.3, -0.25) is 19.7 Å². The summed E-state index contributed by atoms with van der Waals surface area (Å²) in [5.74, 6) is 0.214. The molecule has 0 spiro atoms. The van der Waals surface area contributed by atoms with Crippen molar-refractivity contribution in [2.75, 3.05) is 4.90 Å². The highest BCUT2D eigenvalue weighted by Gasteiger charge is 2.37. The van der Waals surface area contributed by atoms with Crippen LogP contribution in [0.2, 0.25) is 0 Å². The molecule has 1 aliphatic rings. The van der Waals surface area contributed by atoms with Crippen LogP contribution in [0, 0.1) is 30.9 Å². The Morgan fingerprint density at radius 3 is 2.45 bits per heavy atom. The van der Waals surface area contributed by atoms with Crippen molar-refractivity contribution in [2.45, 2.75) is 20.8 Å². The Balaban J connectivity index is 1.66. The average Bonchev–Trinajstić information content (AvgIpc) is 3.28. The third-order valence-corrected chi connectivity index (χ3v) is 5.78. The van der Waals surface area contributed by atoms with E-state index in [0.717, 1.165) is 33.4 Å². The van der Waals surface area contributed by atoms with Crippen molar-refractivity contribution in [3.8, 4) is 11.3 Å². The van der Waals surface area contributed by atoms with Gasteiger partial charge in [0.2, 0.25) is 0 Å². The summed E-state index contributed by atoms with van der Waals surface area (Å²) in [6.07, 6.45) is 1.49. The van der Waals surface area contributed by atoms with E-state index in [1.807, 2.05) is 26.0 Å². The lowest BCUT2D eigenvalue weighted by Crippen LogP contribution is -2.28. The van der Waals surface area contributed by atoms with Crippen LogP contribution in [-0.2, 0) is 4.79 Å². The van der Waals surface area contributed by atoms with Crippen molar-refractivity contribution in [3.05, 3.63) is 86.0 Å². The molecule has 0 radical (unpaired) electrons. The van der Waals surface area contributed by atoms with E-state index < -0.39 is 10.8 Å². The molecule has 2 aromatic carbocycles. The molecule has 4 rings (SSSR count). The van der Waals surface area contributed by atoms with Crippen LogP contribution in [-0.4, -0.2) is 16.1 Å². The first kappa shape index (κ1) is 20.6. The van der Waals surface area contributed by atoms with Gasteiger partial charge in [0.25, 0.3) is 16.8 Å². The number of furan rings is 1. The molecule has 8 heteroatoms. The summed E-state index contributed by atoms with van der Waals surface area (Å²) in [5.41, 5.74) is 3.37. The Kier molecular flexibility index (Phi) is 5.24. The summed E-state index contributed by atoms with van der Waals surface area (Å²) in [7, 11) is 0. The van der Waals surface area contributed by atoms with E-state index in [2.05, 4.69) is 0 Å². The summed E-state index contributed by atoms with van der Waals surface area (Å²) >= 11 is 0.831. The normalized spacial score (nSPS) is 15.2. The van der Waals surface area contributed by atoms with E-state index in [1.165, 1.54) is 12.1 Å². The highest BCUT2D eigenvalue weighted by Crippen LogP contribution is 2.38. The molecule has 0 atom stereocenters. The highest BCUT2D eigenvalue weighted by atomic mass is 32.2. The number of thioether (sulfide) groups is 1. The van der Waals surface area contributed by atoms with Gasteiger partial charge in [-0.2, -0.15) is 0 Å². The van der Waals surface area contributed by atoms with Gasteiger partial charge in [0, 0.05) is 12.1 Å². The number of carbonyl (C=O) groups is 2. The van der Waals surface area contributed by atoms with Crippen LogP contribution in [0.4, 0.5) is 16.2 Å². The second kappa shape index (κ2) is 7.88. The van der Waals surface area contributed by atoms with Crippen molar-refractivity contribution in [3.63, 3.8) is 0 Å². The number of imide groups is 1. The first-order valence-corrected chi connectivity index (χ1v) is 10.3. The third kappa shape index (κ3) is 3.89. The predicted molar refractivity (Wildman–Crippen MR) is 120 cm³/mol. The topological polar surface area (TPSA) is 93.7 Å². The zero-order valence-corrected chi connectivity index (χ0v) is 17.9. The largest absolute Gasteiger partial charge is 0.456 e. The quantitative estimate of drug-likeness (QED) is 0.283. The number of nitrogens with zero attached hydrogens (tertiary/aromatic N) is 2. The first-order chi connectivity index (χ1) is 14.7. The molecule has 0 N–H and O–H groups in total. The second-order valence-corrected chi connectivity index (χ2v) is 8.28. The minimum Gasteiger partial charge on any atom is -0.456 e. The van der Waals surface area contributed by atoms with Crippen LogP contribution >= 0.6 is 11.8 Å². The molecule has 31 heavy (non-hydrogen) atoms. The Morgan fingerprint density at radius 2 is 1.71 bits per heavy atom. The van der Waals surface area contributed by atoms with Crippen molar-refractivity contribution in [2.24, 2.45) is 0 Å². The van der Waals surface area contributed by atoms with Crippen molar-refractivity contribution >= 4 is 40.4 Å². The minimum atomic E-state index is -0.458. The molecule has 1 aliphatic heterocycles. The fourth-order valence-electron chi connectivity index (χ4n) is 3.34. The van der Waals surface area contributed by atoms with Gasteiger partial charge in [-0.05, 0) is 73.5 Å². The molecular weight excluding hydrogens is 416 g/mol. The summed E-state index contributed by atoms with van der Waals surface area (Å²) < 4.78 is 5.75. The van der Waals surface area contributed by atoms with Gasteiger partial charge in [-0.25, -0.2) is 4.90 Å². The fourth-order valence-corrected chi connectivity index (χ4v) is 4.16. The lowest BCUT2D eigenvalue weighted by atomic mass is 10.1. The van der Waals surface area contributed by atoms with Crippen LogP contribution in [0.25, 0.3) is 17.4 Å². The molecule has 0 unspecified atom stereocenters. The number of amides is 2. The molecule has 7 nitrogen and oxygen atoms in total. The third-order valence-electron chi connectivity index (χ3n) is 4.91. The number of aryl methyl sites for hydroxylation is 3. The molecule has 1 fully saturated rings. The van der Waals surface area contributed by atoms with Gasteiger partial charge in [0.05, 0.1) is 21.1 Å². The Labute approximate surface area is 182 Å². The van der Waals surface area contributed by atoms with Gasteiger partial charge in [-0.15, -0.1) is 0 Å². The zero-order chi connectivity index (χ0) is 22.3. The molecule has 1 saturated heterocycles. The molecular formula is C23H18N2O5S. The summed E-state index contributed by atoms with van der Waals surface area (Å²) in [4.78, 5) is 37.8. The van der Waals surface area contributed by atoms with Crippen LogP contribution in [0.5, 0.6) is 0 Å². The number of hydrogen-bond acceptors (Lipinski definition) is 6. The van der Waals surface area contributed by atoms with Crippen molar-refractivity contribution in [1.29, 1.82) is 0 Å². The summed E-state index contributed by atoms with van der Waals surface area (Å²) in [5, 5.41) is 11.0. The Morgan fingerprint density at radius 1 is 1.00 bits per heavy atom. The molecule has 0 bridgehead atoms. The minimum absolute atomic E-state index is 0.0591. The van der Waals surface area contributed by atoms with Gasteiger partial charge in [0.15, 0.2) is 0 Å². The van der Waals surface area contributed by atoms with Crippen LogP contribution in [0.15, 0.2) is 57.9 Å². The van der Waals surface area contributed by atoms with E-state index in [1.54, 1.807) is 37.3 Å². The van der Waals surface area contributed by atoms with Crippen LogP contribution in [0.1, 0.15) is 22.5 Å². The summed E-state index contributed by atoms with van der Waals surface area (Å²) in [6.45, 7) is 5.51. The second-order valence-electron chi connectivity index (χ2n) is 7.29. The average molecular weight is 434 g/mol. The van der Waals surface area contributed by atoms with E-state index in [9.17, 15) is 19.7 Å². The Hall–Kier alpha value is -3.65. The van der Waals surface area contributed by atoms with Gasteiger partial charge in [0.1, 0.15) is 11.5 Å². The number of benzene rings is 2. The maximum atomic E-state index is 12.9. The number of carbonyl (C=O) groups excluding carboxylic acids is 2. The molecule has 0 saturated carbocycles. The number of nitro groups is 1. The lowest BCUT2D eigenvalue weighted by molar-refractivity contribution is -0.384. The van der Waals surface area contributed by atoms with Gasteiger partial charge < -0.3 is 4.42 Å². The number of nitro benzene ring substituents is 1. The lowest BCUT2D eigenvalue weighted by Gasteiger charge is -2.15. The molecule has 2 heterocycles. The van der Waals surface area contributed by atoms with Crippen molar-refractivity contribution < 1.29 is 18.9 Å². The SMILES string of the molecule is Cc1ccc(C)c(N2C(=O)S/C(=C/c3ccc(-c4ccc(C)cc4[N+](=O)[O-])o3)C2=O)c1. The van der Waals surface area contributed by atoms with Crippen LogP contribution < -0.4 is 4.90 Å². The molecule has 0 aliphatic carbocycles. The molecule has 1 aromatic heterocycles. The van der Waals surface area contributed by atoms with Crippen LogP contribution in [0.3, 0.4) is 0 Å². The number of rotatable bonds is 4. The number of hydrogen-bond donors (Lipinski definition) is 0. The highest BCUT2D eigenvalue weighted by molar-refractivity contribution is 8.19. The monoisotopic (exact) mass is 434 g/mol. The van der Waals surface area contributed by atoms with E-state index in [4.69, 9.17) is 4.42 Å². The Bertz CT molecular complexity index is 1270. The van der Waals surface area contributed by atoms with Gasteiger partial charge in [-0.1, -0.05) is 18.2 Å². The molecule has 156 valence electrons. The summed E-state index contributed by atoms with van der Waals surface area (Å²) in [6, 6.07) is 13.7. The zero-order valence-electron chi connectivity index (χ0n) is 17.0. The maximum absolute atomic E-state index is 12.9. The van der Waals surface area contributed by atoms with E-state index in [-0.39, 0.29) is 15.8 Å². The smallest absolute Gasteiger partial charge is 0.298 e. The van der Waals surface area contributed by atoms with E-state index in [0.29, 0.717) is 22.8 Å². The number of anilines is 1. The first-order valence-electron chi connectivity index (χ1n) is 9.45. The van der Waals surface area contributed by atoms with Crippen molar-refractivity contribution in [1.82, 2.24) is 0 Å². The molecule has 3 aromatic rings. The molecule has 2 amide bonds.